The number of sulfonamides is 1. The Balaban J connectivity index is 1.57. The van der Waals surface area contributed by atoms with E-state index >= 15 is 0 Å². The second-order valence-corrected chi connectivity index (χ2v) is 13.1. The third-order valence-corrected chi connectivity index (χ3v) is 9.65. The van der Waals surface area contributed by atoms with Crippen molar-refractivity contribution >= 4 is 61.9 Å². The lowest BCUT2D eigenvalue weighted by Gasteiger charge is -2.15. The molecule has 1 aliphatic heterocycles. The summed E-state index contributed by atoms with van der Waals surface area (Å²) < 4.78 is 28.9. The van der Waals surface area contributed by atoms with E-state index < -0.39 is 10.0 Å². The van der Waals surface area contributed by atoms with Crippen LogP contribution in [0.5, 0.6) is 0 Å². The molecule has 7 nitrogen and oxygen atoms in total. The first-order valence-corrected chi connectivity index (χ1v) is 14.9. The number of para-hydroxylation sites is 1. The summed E-state index contributed by atoms with van der Waals surface area (Å²) in [6, 6.07) is 23.5. The maximum absolute atomic E-state index is 13.4. The molecule has 0 unspecified atom stereocenters. The van der Waals surface area contributed by atoms with Gasteiger partial charge in [0, 0.05) is 36.4 Å². The van der Waals surface area contributed by atoms with Crippen LogP contribution in [0.25, 0.3) is 23.0 Å². The molecule has 11 heteroatoms. The lowest BCUT2D eigenvalue weighted by molar-refractivity contribution is -0.122. The van der Waals surface area contributed by atoms with Gasteiger partial charge in [-0.1, -0.05) is 84.1 Å². The maximum atomic E-state index is 13.4. The van der Waals surface area contributed by atoms with E-state index in [1.165, 1.54) is 35.1 Å². The fourth-order valence-corrected chi connectivity index (χ4v) is 6.41. The molecule has 3 aromatic carbocycles. The van der Waals surface area contributed by atoms with E-state index in [9.17, 15) is 13.2 Å². The van der Waals surface area contributed by atoms with Gasteiger partial charge in [-0.15, -0.1) is 0 Å². The fourth-order valence-electron chi connectivity index (χ4n) is 4.02. The normalized spacial score (nSPS) is 15.1. The van der Waals surface area contributed by atoms with Crippen molar-refractivity contribution in [2.45, 2.75) is 11.4 Å². The number of carbonyl (C=O) groups is 1. The topological polar surface area (TPSA) is 75.5 Å². The fraction of sp³-hybridized carbons (Fsp3) is 0.107. The van der Waals surface area contributed by atoms with E-state index in [1.54, 1.807) is 41.1 Å². The Morgan fingerprint density at radius 3 is 2.46 bits per heavy atom. The molecule has 5 rings (SSSR count). The van der Waals surface area contributed by atoms with Gasteiger partial charge in [-0.2, -0.15) is 5.10 Å². The average Bonchev–Trinajstić information content (AvgIpc) is 3.47. The van der Waals surface area contributed by atoms with E-state index in [0.717, 1.165) is 11.3 Å². The Labute approximate surface area is 241 Å². The minimum Gasteiger partial charge on any atom is -0.288 e. The van der Waals surface area contributed by atoms with Crippen molar-refractivity contribution in [3.63, 3.8) is 0 Å². The first-order valence-electron chi connectivity index (χ1n) is 11.8. The second-order valence-electron chi connectivity index (χ2n) is 8.89. The van der Waals surface area contributed by atoms with Crippen molar-refractivity contribution in [3.8, 4) is 16.9 Å². The number of rotatable bonds is 7. The van der Waals surface area contributed by atoms with Gasteiger partial charge in [-0.25, -0.2) is 17.4 Å². The third kappa shape index (κ3) is 5.57. The molecule has 4 aromatic rings. The molecule has 1 fully saturated rings. The van der Waals surface area contributed by atoms with Crippen molar-refractivity contribution in [2.75, 3.05) is 14.1 Å². The number of hydrogen-bond acceptors (Lipinski definition) is 6. The number of aromatic nitrogens is 2. The third-order valence-electron chi connectivity index (χ3n) is 6.10. The standard InChI is InChI=1S/C28H23ClN4O3S3/c1-31(2)39(35,36)23-13-8-10-19(15-23)26-21(18-33(30-26)22-11-4-3-5-12-22)16-25-27(34)32(28(37)38-25)17-20-9-6-7-14-24(20)29/h3-16,18H,17H2,1-2H3. The van der Waals surface area contributed by atoms with Crippen LogP contribution in [-0.2, 0) is 21.4 Å². The number of hydrogen-bond donors (Lipinski definition) is 0. The second kappa shape index (κ2) is 11.1. The molecule has 0 aliphatic carbocycles. The molecule has 0 bridgehead atoms. The molecular weight excluding hydrogens is 572 g/mol. The Bertz CT molecular complexity index is 1720. The van der Waals surface area contributed by atoms with Crippen molar-refractivity contribution in [2.24, 2.45) is 0 Å². The van der Waals surface area contributed by atoms with Crippen molar-refractivity contribution in [1.29, 1.82) is 0 Å². The molecule has 0 atom stereocenters. The summed E-state index contributed by atoms with van der Waals surface area (Å²) in [5.41, 5.74) is 3.41. The molecule has 39 heavy (non-hydrogen) atoms. The molecule has 0 radical (unpaired) electrons. The quantitative estimate of drug-likeness (QED) is 0.198. The number of halogens is 1. The van der Waals surface area contributed by atoms with Crippen molar-refractivity contribution in [1.82, 2.24) is 19.0 Å². The summed E-state index contributed by atoms with van der Waals surface area (Å²) in [6.07, 6.45) is 3.57. The Kier molecular flexibility index (Phi) is 7.75. The van der Waals surface area contributed by atoms with Gasteiger partial charge in [0.1, 0.15) is 10.0 Å². The first-order chi connectivity index (χ1) is 18.6. The number of benzene rings is 3. The van der Waals surface area contributed by atoms with Gasteiger partial charge in [-0.3, -0.25) is 9.69 Å². The number of thiocarbonyl (C=S) groups is 1. The number of thioether (sulfide) groups is 1. The zero-order valence-electron chi connectivity index (χ0n) is 21.0. The predicted octanol–water partition coefficient (Wildman–Crippen LogP) is 5.84. The maximum Gasteiger partial charge on any atom is 0.266 e. The summed E-state index contributed by atoms with van der Waals surface area (Å²) in [5, 5.41) is 5.35. The highest BCUT2D eigenvalue weighted by Crippen LogP contribution is 2.36. The van der Waals surface area contributed by atoms with E-state index in [4.69, 9.17) is 28.9 Å². The highest BCUT2D eigenvalue weighted by molar-refractivity contribution is 8.26. The van der Waals surface area contributed by atoms with Crippen molar-refractivity contribution in [3.05, 3.63) is 106 Å². The van der Waals surface area contributed by atoms with E-state index in [-0.39, 0.29) is 17.3 Å². The molecule has 2 heterocycles. The molecule has 1 aliphatic rings. The van der Waals surface area contributed by atoms with Crippen LogP contribution in [0.1, 0.15) is 11.1 Å². The molecule has 0 N–H and O–H groups in total. The average molecular weight is 595 g/mol. The summed E-state index contributed by atoms with van der Waals surface area (Å²) in [5.74, 6) is -0.229. The van der Waals surface area contributed by atoms with Gasteiger partial charge in [0.2, 0.25) is 10.0 Å². The van der Waals surface area contributed by atoms with Gasteiger partial charge in [0.25, 0.3) is 5.91 Å². The van der Waals surface area contributed by atoms with E-state index in [0.29, 0.717) is 31.1 Å². The zero-order chi connectivity index (χ0) is 27.7. The molecule has 0 spiro atoms. The zero-order valence-corrected chi connectivity index (χ0v) is 24.2. The predicted molar refractivity (Wildman–Crippen MR) is 160 cm³/mol. The smallest absolute Gasteiger partial charge is 0.266 e. The summed E-state index contributed by atoms with van der Waals surface area (Å²) >= 11 is 13.1. The highest BCUT2D eigenvalue weighted by Gasteiger charge is 2.33. The largest absolute Gasteiger partial charge is 0.288 e. The first kappa shape index (κ1) is 27.3. The van der Waals surface area contributed by atoms with Gasteiger partial charge in [0.05, 0.1) is 22.0 Å². The van der Waals surface area contributed by atoms with Crippen LogP contribution in [-0.4, -0.2) is 51.7 Å². The molecule has 1 aromatic heterocycles. The molecule has 198 valence electrons. The van der Waals surface area contributed by atoms with E-state index in [2.05, 4.69) is 0 Å². The van der Waals surface area contributed by atoms with Gasteiger partial charge >= 0.3 is 0 Å². The van der Waals surface area contributed by atoms with Crippen LogP contribution in [0.2, 0.25) is 5.02 Å². The van der Waals surface area contributed by atoms with Gasteiger partial charge in [-0.05, 0) is 42.0 Å². The van der Waals surface area contributed by atoms with Crippen LogP contribution >= 0.6 is 35.6 Å². The lowest BCUT2D eigenvalue weighted by atomic mass is 10.1. The number of amides is 1. The minimum absolute atomic E-state index is 0.149. The van der Waals surface area contributed by atoms with Crippen LogP contribution in [0.3, 0.4) is 0 Å². The van der Waals surface area contributed by atoms with E-state index in [1.807, 2.05) is 54.7 Å². The Hall–Kier alpha value is -3.28. The number of carbonyl (C=O) groups excluding carboxylic acids is 1. The minimum atomic E-state index is -3.65. The Morgan fingerprint density at radius 1 is 1.03 bits per heavy atom. The van der Waals surface area contributed by atoms with Crippen LogP contribution in [0.15, 0.2) is 94.9 Å². The van der Waals surface area contributed by atoms with Crippen LogP contribution in [0.4, 0.5) is 0 Å². The highest BCUT2D eigenvalue weighted by atomic mass is 35.5. The molecule has 1 saturated heterocycles. The van der Waals surface area contributed by atoms with Crippen LogP contribution < -0.4 is 0 Å². The van der Waals surface area contributed by atoms with Gasteiger partial charge in [0.15, 0.2) is 0 Å². The number of nitrogens with zero attached hydrogens (tertiary/aromatic N) is 4. The summed E-state index contributed by atoms with van der Waals surface area (Å²) in [6.45, 7) is 0.266. The van der Waals surface area contributed by atoms with Crippen LogP contribution in [0, 0.1) is 0 Å². The SMILES string of the molecule is CN(C)S(=O)(=O)c1cccc(-c2nn(-c3ccccc3)cc2C=C2SC(=S)N(Cc3ccccc3Cl)C2=O)c1. The molecular formula is C28H23ClN4O3S3. The lowest BCUT2D eigenvalue weighted by Crippen LogP contribution is -2.27. The molecule has 0 saturated carbocycles. The Morgan fingerprint density at radius 2 is 1.74 bits per heavy atom. The van der Waals surface area contributed by atoms with Crippen molar-refractivity contribution < 1.29 is 13.2 Å². The van der Waals surface area contributed by atoms with Gasteiger partial charge < -0.3 is 0 Å². The summed E-state index contributed by atoms with van der Waals surface area (Å²) in [4.78, 5) is 15.5. The summed E-state index contributed by atoms with van der Waals surface area (Å²) in [7, 11) is -0.678. The molecule has 1 amide bonds. The monoisotopic (exact) mass is 594 g/mol.